The number of fused-ring (bicyclic) bond motifs is 1. The third-order valence-electron chi connectivity index (χ3n) is 5.58. The van der Waals surface area contributed by atoms with Gasteiger partial charge < -0.3 is 15.5 Å². The highest BCUT2D eigenvalue weighted by molar-refractivity contribution is 5.58. The maximum Gasteiger partial charge on any atom is 0.255 e. The summed E-state index contributed by atoms with van der Waals surface area (Å²) in [5.41, 5.74) is 12.5. The molecule has 0 aliphatic carbocycles. The number of methoxy groups -OCH3 is 1. The van der Waals surface area contributed by atoms with Crippen molar-refractivity contribution < 1.29 is 4.74 Å². The third-order valence-corrected chi connectivity index (χ3v) is 5.58. The van der Waals surface area contributed by atoms with Gasteiger partial charge in [0, 0.05) is 37.3 Å². The summed E-state index contributed by atoms with van der Waals surface area (Å²) in [6.45, 7) is 6.43. The van der Waals surface area contributed by atoms with E-state index < -0.39 is 0 Å². The normalized spacial score (nSPS) is 13.9. The number of aromatic amines is 1. The average Bonchev–Trinajstić information content (AvgIpc) is 2.71. The Morgan fingerprint density at radius 2 is 1.93 bits per heavy atom. The van der Waals surface area contributed by atoms with E-state index in [1.165, 1.54) is 11.1 Å². The summed E-state index contributed by atoms with van der Waals surface area (Å²) in [5, 5.41) is 0. The molecule has 0 fully saturated rings. The van der Waals surface area contributed by atoms with Gasteiger partial charge in [-0.2, -0.15) is 0 Å². The summed E-state index contributed by atoms with van der Waals surface area (Å²) in [6, 6.07) is 11.6. The van der Waals surface area contributed by atoms with Gasteiger partial charge in [-0.1, -0.05) is 6.07 Å². The highest BCUT2D eigenvalue weighted by atomic mass is 16.5. The van der Waals surface area contributed by atoms with E-state index in [0.29, 0.717) is 18.1 Å². The lowest BCUT2D eigenvalue weighted by molar-refractivity contribution is 0.241. The van der Waals surface area contributed by atoms with Crippen molar-refractivity contribution in [3.63, 3.8) is 0 Å². The van der Waals surface area contributed by atoms with Crippen molar-refractivity contribution in [1.29, 1.82) is 0 Å². The van der Waals surface area contributed by atoms with E-state index in [1.807, 2.05) is 24.3 Å². The van der Waals surface area contributed by atoms with Crippen molar-refractivity contribution in [3.8, 4) is 17.1 Å². The molecule has 0 saturated carbocycles. The van der Waals surface area contributed by atoms with Crippen LogP contribution in [0.5, 0.6) is 5.75 Å². The lowest BCUT2D eigenvalue weighted by Crippen LogP contribution is -2.35. The van der Waals surface area contributed by atoms with E-state index in [4.69, 9.17) is 15.5 Å². The summed E-state index contributed by atoms with van der Waals surface area (Å²) in [5.74, 6) is 1.51. The number of benzene rings is 2. The second-order valence-electron chi connectivity index (χ2n) is 7.67. The largest absolute Gasteiger partial charge is 0.496 e. The molecule has 150 valence electrons. The molecule has 0 saturated heterocycles. The standard InChI is InChI=1S/C23H26N4O2/c1-14-11-21(29-3)15(2)10-17(14)12-27-9-8-20-19(13-27)23(28)26-22(25-20)16-4-6-18(24)7-5-16/h4-7,10-11H,8-9,12-13,24H2,1-3H3,(H,25,26,28). The fraction of sp³-hybridized carbons (Fsp3) is 0.304. The van der Waals surface area contributed by atoms with Crippen molar-refractivity contribution >= 4 is 5.69 Å². The number of anilines is 1. The molecule has 1 aliphatic heterocycles. The molecule has 0 radical (unpaired) electrons. The maximum absolute atomic E-state index is 12.8. The third kappa shape index (κ3) is 3.89. The minimum atomic E-state index is -0.0610. The van der Waals surface area contributed by atoms with Crippen LogP contribution in [0.2, 0.25) is 0 Å². The van der Waals surface area contributed by atoms with E-state index in [9.17, 15) is 4.79 Å². The molecule has 2 aromatic carbocycles. The van der Waals surface area contributed by atoms with Gasteiger partial charge in [0.2, 0.25) is 0 Å². The van der Waals surface area contributed by atoms with Gasteiger partial charge in [-0.3, -0.25) is 9.69 Å². The summed E-state index contributed by atoms with van der Waals surface area (Å²) in [4.78, 5) is 22.7. The van der Waals surface area contributed by atoms with E-state index in [2.05, 4.69) is 35.9 Å². The van der Waals surface area contributed by atoms with Crippen LogP contribution in [0.3, 0.4) is 0 Å². The molecule has 0 atom stereocenters. The highest BCUT2D eigenvalue weighted by Gasteiger charge is 2.22. The number of nitrogens with zero attached hydrogens (tertiary/aromatic N) is 2. The van der Waals surface area contributed by atoms with Crippen molar-refractivity contribution in [2.24, 2.45) is 0 Å². The van der Waals surface area contributed by atoms with Crippen LogP contribution in [-0.2, 0) is 19.5 Å². The molecule has 1 aliphatic rings. The van der Waals surface area contributed by atoms with Gasteiger partial charge in [0.1, 0.15) is 11.6 Å². The Labute approximate surface area is 170 Å². The van der Waals surface area contributed by atoms with Gasteiger partial charge in [-0.05, 0) is 60.9 Å². The minimum Gasteiger partial charge on any atom is -0.496 e. The van der Waals surface area contributed by atoms with Crippen molar-refractivity contribution in [3.05, 3.63) is 74.7 Å². The zero-order valence-corrected chi connectivity index (χ0v) is 17.1. The molecule has 29 heavy (non-hydrogen) atoms. The molecule has 0 amide bonds. The minimum absolute atomic E-state index is 0.0610. The van der Waals surface area contributed by atoms with Gasteiger partial charge in [0.25, 0.3) is 5.56 Å². The smallest absolute Gasteiger partial charge is 0.255 e. The molecule has 6 heteroatoms. The van der Waals surface area contributed by atoms with Crippen LogP contribution in [0.4, 0.5) is 5.69 Å². The SMILES string of the molecule is COc1cc(C)c(CN2CCc3nc(-c4ccc(N)cc4)[nH]c(=O)c3C2)cc1C. The summed E-state index contributed by atoms with van der Waals surface area (Å²) >= 11 is 0. The predicted octanol–water partition coefficient (Wildman–Crippen LogP) is 3.20. The summed E-state index contributed by atoms with van der Waals surface area (Å²) in [7, 11) is 1.70. The van der Waals surface area contributed by atoms with Crippen LogP contribution < -0.4 is 16.0 Å². The molecule has 0 bridgehead atoms. The first-order valence-corrected chi connectivity index (χ1v) is 9.79. The van der Waals surface area contributed by atoms with Gasteiger partial charge in [0.05, 0.1) is 18.4 Å². The van der Waals surface area contributed by atoms with Crippen LogP contribution in [0, 0.1) is 13.8 Å². The number of aromatic nitrogens is 2. The number of nitrogens with two attached hydrogens (primary N) is 1. The van der Waals surface area contributed by atoms with E-state index in [1.54, 1.807) is 7.11 Å². The average molecular weight is 390 g/mol. The zero-order valence-electron chi connectivity index (χ0n) is 17.1. The molecular formula is C23H26N4O2. The Morgan fingerprint density at radius 3 is 2.66 bits per heavy atom. The molecule has 6 nitrogen and oxygen atoms in total. The number of ether oxygens (including phenoxy) is 1. The first-order chi connectivity index (χ1) is 13.9. The van der Waals surface area contributed by atoms with E-state index in [-0.39, 0.29) is 5.56 Å². The predicted molar refractivity (Wildman–Crippen MR) is 115 cm³/mol. The van der Waals surface area contributed by atoms with E-state index >= 15 is 0 Å². The van der Waals surface area contributed by atoms with Crippen molar-refractivity contribution in [2.45, 2.75) is 33.4 Å². The Bertz CT molecular complexity index is 1100. The molecule has 2 heterocycles. The second-order valence-corrected chi connectivity index (χ2v) is 7.67. The van der Waals surface area contributed by atoms with Gasteiger partial charge in [-0.25, -0.2) is 4.98 Å². The molecule has 0 spiro atoms. The molecule has 1 aromatic heterocycles. The van der Waals surface area contributed by atoms with Crippen LogP contribution in [-0.4, -0.2) is 28.5 Å². The van der Waals surface area contributed by atoms with Crippen LogP contribution in [0.15, 0.2) is 41.2 Å². The maximum atomic E-state index is 12.8. The first kappa shape index (κ1) is 19.2. The molecule has 4 rings (SSSR count). The molecule has 3 aromatic rings. The van der Waals surface area contributed by atoms with Crippen LogP contribution in [0.1, 0.15) is 27.9 Å². The number of hydrogen-bond donors (Lipinski definition) is 2. The Morgan fingerprint density at radius 1 is 1.17 bits per heavy atom. The molecular weight excluding hydrogens is 364 g/mol. The Hall–Kier alpha value is -3.12. The van der Waals surface area contributed by atoms with Crippen molar-refractivity contribution in [2.75, 3.05) is 19.4 Å². The lowest BCUT2D eigenvalue weighted by Gasteiger charge is -2.28. The first-order valence-electron chi connectivity index (χ1n) is 9.79. The van der Waals surface area contributed by atoms with Crippen LogP contribution >= 0.6 is 0 Å². The van der Waals surface area contributed by atoms with Gasteiger partial charge in [0.15, 0.2) is 0 Å². The zero-order chi connectivity index (χ0) is 20.5. The summed E-state index contributed by atoms with van der Waals surface area (Å²) < 4.78 is 5.41. The van der Waals surface area contributed by atoms with Crippen molar-refractivity contribution in [1.82, 2.24) is 14.9 Å². The number of hydrogen-bond acceptors (Lipinski definition) is 5. The lowest BCUT2D eigenvalue weighted by atomic mass is 10.0. The topological polar surface area (TPSA) is 84.2 Å². The number of nitrogens with one attached hydrogen (secondary N) is 1. The Kier molecular flexibility index (Phi) is 5.11. The number of aryl methyl sites for hydroxylation is 2. The quantitative estimate of drug-likeness (QED) is 0.669. The monoisotopic (exact) mass is 390 g/mol. The molecule has 0 unspecified atom stereocenters. The van der Waals surface area contributed by atoms with E-state index in [0.717, 1.165) is 47.6 Å². The number of rotatable bonds is 4. The Balaban J connectivity index is 1.57. The fourth-order valence-corrected chi connectivity index (χ4v) is 3.87. The summed E-state index contributed by atoms with van der Waals surface area (Å²) in [6.07, 6.45) is 0.759. The second kappa shape index (κ2) is 7.72. The van der Waals surface area contributed by atoms with Gasteiger partial charge >= 0.3 is 0 Å². The number of H-pyrrole nitrogens is 1. The molecule has 3 N–H and O–H groups in total. The van der Waals surface area contributed by atoms with Gasteiger partial charge in [-0.15, -0.1) is 0 Å². The van der Waals surface area contributed by atoms with Crippen LogP contribution in [0.25, 0.3) is 11.4 Å². The fourth-order valence-electron chi connectivity index (χ4n) is 3.87. The highest BCUT2D eigenvalue weighted by Crippen LogP contribution is 2.25. The number of nitrogen functional groups attached to an aromatic ring is 1.